The van der Waals surface area contributed by atoms with Crippen LogP contribution in [0.1, 0.15) is 40.9 Å². The molecule has 0 radical (unpaired) electrons. The minimum atomic E-state index is -0.410. The summed E-state index contributed by atoms with van der Waals surface area (Å²) in [6, 6.07) is 26.1. The highest BCUT2D eigenvalue weighted by Gasteiger charge is 2.38. The number of rotatable bonds is 7. The highest BCUT2D eigenvalue weighted by Crippen LogP contribution is 2.35. The van der Waals surface area contributed by atoms with Gasteiger partial charge in [0.25, 0.3) is 0 Å². The Morgan fingerprint density at radius 2 is 1.84 bits per heavy atom. The summed E-state index contributed by atoms with van der Waals surface area (Å²) < 4.78 is 5.53. The number of imidazole rings is 1. The van der Waals surface area contributed by atoms with E-state index in [9.17, 15) is 10.1 Å². The van der Waals surface area contributed by atoms with Crippen molar-refractivity contribution in [1.29, 1.82) is 5.26 Å². The van der Waals surface area contributed by atoms with Gasteiger partial charge in [-0.15, -0.1) is 24.8 Å². The second kappa shape index (κ2) is 13.3. The molecule has 1 aliphatic heterocycles. The molecule has 0 amide bonds. The zero-order valence-electron chi connectivity index (χ0n) is 21.0. The van der Waals surface area contributed by atoms with Crippen LogP contribution in [0.2, 0.25) is 0 Å². The lowest BCUT2D eigenvalue weighted by atomic mass is 9.88. The van der Waals surface area contributed by atoms with Crippen molar-refractivity contribution in [2.24, 2.45) is 0 Å². The third-order valence-corrected chi connectivity index (χ3v) is 6.83. The van der Waals surface area contributed by atoms with Gasteiger partial charge in [-0.05, 0) is 65.8 Å². The van der Waals surface area contributed by atoms with E-state index < -0.39 is 6.04 Å². The van der Waals surface area contributed by atoms with Gasteiger partial charge in [0.15, 0.2) is 0 Å². The predicted octanol–water partition coefficient (Wildman–Crippen LogP) is 6.07. The summed E-state index contributed by atoms with van der Waals surface area (Å²) in [4.78, 5) is 23.0. The Morgan fingerprint density at radius 1 is 1.08 bits per heavy atom. The number of nitrogens with one attached hydrogen (secondary N) is 1. The molecule has 0 spiro atoms. The van der Waals surface area contributed by atoms with Crippen LogP contribution in [-0.4, -0.2) is 33.5 Å². The van der Waals surface area contributed by atoms with E-state index in [1.165, 1.54) is 16.7 Å². The Morgan fingerprint density at radius 3 is 2.50 bits per heavy atom. The van der Waals surface area contributed by atoms with Crippen molar-refractivity contribution in [3.8, 4) is 17.2 Å². The van der Waals surface area contributed by atoms with Crippen LogP contribution in [0.15, 0.2) is 85.3 Å². The number of H-pyrrole nitrogens is 1. The lowest BCUT2D eigenvalue weighted by Gasteiger charge is -2.40. The minimum Gasteiger partial charge on any atom is -0.465 e. The molecule has 3 aromatic carbocycles. The first-order valence-corrected chi connectivity index (χ1v) is 12.2. The van der Waals surface area contributed by atoms with Crippen molar-refractivity contribution in [3.63, 3.8) is 0 Å². The van der Waals surface area contributed by atoms with Crippen LogP contribution in [0.4, 0.5) is 0 Å². The fourth-order valence-electron chi connectivity index (χ4n) is 4.99. The topological polar surface area (TPSA) is 82.0 Å². The molecular weight excluding hydrogens is 519 g/mol. The number of benzene rings is 3. The number of nitrogens with zero attached hydrogens (tertiary/aromatic N) is 3. The number of fused-ring (bicyclic) bond motifs is 1. The van der Waals surface area contributed by atoms with E-state index in [0.717, 1.165) is 16.8 Å². The molecule has 2 atom stereocenters. The molecule has 1 aliphatic rings. The zero-order valence-corrected chi connectivity index (χ0v) is 22.7. The summed E-state index contributed by atoms with van der Waals surface area (Å²) in [7, 11) is 0. The van der Waals surface area contributed by atoms with E-state index in [-0.39, 0.29) is 36.8 Å². The van der Waals surface area contributed by atoms with Crippen LogP contribution < -0.4 is 0 Å². The number of carbonyl (C=O) groups is 1. The Labute approximate surface area is 235 Å². The van der Waals surface area contributed by atoms with Gasteiger partial charge in [0.1, 0.15) is 6.04 Å². The number of carbonyl (C=O) groups excluding carboxylic acids is 1. The molecule has 0 aliphatic carbocycles. The monoisotopic (exact) mass is 548 g/mol. The maximum Gasteiger partial charge on any atom is 0.323 e. The van der Waals surface area contributed by atoms with Gasteiger partial charge in [-0.2, -0.15) is 5.26 Å². The quantitative estimate of drug-likeness (QED) is 0.283. The fraction of sp³-hybridized carbons (Fsp3) is 0.233. The van der Waals surface area contributed by atoms with Crippen LogP contribution in [0, 0.1) is 11.3 Å². The molecule has 0 fully saturated rings. The molecular formula is C30H30Cl2N4O2. The van der Waals surface area contributed by atoms with E-state index in [1.807, 2.05) is 55.6 Å². The number of aromatic amines is 1. The molecule has 38 heavy (non-hydrogen) atoms. The van der Waals surface area contributed by atoms with Gasteiger partial charge >= 0.3 is 5.97 Å². The molecule has 1 aromatic heterocycles. The number of halogens is 2. The number of hydrogen-bond donors (Lipinski definition) is 1. The van der Waals surface area contributed by atoms with Gasteiger partial charge in [-0.1, -0.05) is 54.6 Å². The van der Waals surface area contributed by atoms with Crippen LogP contribution in [-0.2, 0) is 28.9 Å². The van der Waals surface area contributed by atoms with Crippen LogP contribution in [0.5, 0.6) is 0 Å². The first-order chi connectivity index (χ1) is 17.7. The molecule has 8 heteroatoms. The SMILES string of the molecule is CCOC(=O)[C@@H]1Cc2ccc(-c3ccccc3)cc2CN1C(Cc1ccc(C#N)cc1)c1cnc[nH]1.Cl.Cl. The van der Waals surface area contributed by atoms with Gasteiger partial charge in [0, 0.05) is 12.7 Å². The first-order valence-electron chi connectivity index (χ1n) is 12.2. The lowest BCUT2D eigenvalue weighted by molar-refractivity contribution is -0.151. The second-order valence-electron chi connectivity index (χ2n) is 9.03. The third kappa shape index (κ3) is 6.25. The average Bonchev–Trinajstić information content (AvgIpc) is 3.46. The molecule has 4 aromatic rings. The molecule has 1 N–H and O–H groups in total. The van der Waals surface area contributed by atoms with Crippen molar-refractivity contribution >= 4 is 30.8 Å². The standard InChI is InChI=1S/C30H28N4O2.2ClH/c1-2-36-30(35)29-16-25-13-12-24(23-6-4-3-5-7-23)15-26(25)19-34(29)28(27-18-32-20-33-27)14-21-8-10-22(17-31)11-9-21;;/h3-13,15,18,20,28-29H,2,14,16,19H2,1H3,(H,32,33);2*1H/t28?,29-;;/m0../s1. The third-order valence-electron chi connectivity index (χ3n) is 6.83. The maximum absolute atomic E-state index is 13.2. The number of esters is 1. The molecule has 6 nitrogen and oxygen atoms in total. The van der Waals surface area contributed by atoms with Gasteiger partial charge in [0.2, 0.25) is 0 Å². The number of ether oxygens (including phenoxy) is 1. The van der Waals surface area contributed by atoms with Crippen LogP contribution >= 0.6 is 24.8 Å². The first kappa shape index (κ1) is 28.9. The van der Waals surface area contributed by atoms with Crippen molar-refractivity contribution in [2.45, 2.75) is 38.4 Å². The molecule has 196 valence electrons. The lowest BCUT2D eigenvalue weighted by Crippen LogP contribution is -2.48. The molecule has 0 bridgehead atoms. The van der Waals surface area contributed by atoms with Gasteiger partial charge in [0.05, 0.1) is 36.3 Å². The van der Waals surface area contributed by atoms with E-state index >= 15 is 0 Å². The highest BCUT2D eigenvalue weighted by molar-refractivity contribution is 5.85. The summed E-state index contributed by atoms with van der Waals surface area (Å²) in [5.41, 5.74) is 7.36. The summed E-state index contributed by atoms with van der Waals surface area (Å²) in [5.74, 6) is -0.209. The number of hydrogen-bond acceptors (Lipinski definition) is 5. The van der Waals surface area contributed by atoms with Crippen molar-refractivity contribution < 1.29 is 9.53 Å². The summed E-state index contributed by atoms with van der Waals surface area (Å²) in [6.45, 7) is 2.79. The molecule has 0 saturated heterocycles. The largest absolute Gasteiger partial charge is 0.465 e. The molecule has 2 heterocycles. The summed E-state index contributed by atoms with van der Waals surface area (Å²) >= 11 is 0. The van der Waals surface area contributed by atoms with E-state index in [0.29, 0.717) is 31.6 Å². The second-order valence-corrected chi connectivity index (χ2v) is 9.03. The molecule has 0 saturated carbocycles. The normalized spacial score (nSPS) is 15.2. The van der Waals surface area contributed by atoms with E-state index in [2.05, 4.69) is 51.3 Å². The Bertz CT molecular complexity index is 1370. The van der Waals surface area contributed by atoms with Gasteiger partial charge in [-0.3, -0.25) is 9.69 Å². The summed E-state index contributed by atoms with van der Waals surface area (Å²) in [6.07, 6.45) is 4.75. The van der Waals surface area contributed by atoms with Crippen molar-refractivity contribution in [1.82, 2.24) is 14.9 Å². The Balaban J connectivity index is 0.00000200. The van der Waals surface area contributed by atoms with Gasteiger partial charge < -0.3 is 9.72 Å². The Kier molecular flexibility index (Phi) is 10.1. The smallest absolute Gasteiger partial charge is 0.323 e. The van der Waals surface area contributed by atoms with Gasteiger partial charge in [-0.25, -0.2) is 4.98 Å². The van der Waals surface area contributed by atoms with Crippen LogP contribution in [0.25, 0.3) is 11.1 Å². The number of aromatic nitrogens is 2. The average molecular weight is 550 g/mol. The van der Waals surface area contributed by atoms with E-state index in [4.69, 9.17) is 4.74 Å². The Hall–Kier alpha value is -3.63. The minimum absolute atomic E-state index is 0. The number of nitriles is 1. The zero-order chi connectivity index (χ0) is 24.9. The fourth-order valence-corrected chi connectivity index (χ4v) is 4.99. The predicted molar refractivity (Wildman–Crippen MR) is 152 cm³/mol. The molecule has 5 rings (SSSR count). The van der Waals surface area contributed by atoms with Crippen molar-refractivity contribution in [2.75, 3.05) is 6.61 Å². The van der Waals surface area contributed by atoms with Crippen LogP contribution in [0.3, 0.4) is 0 Å². The summed E-state index contributed by atoms with van der Waals surface area (Å²) in [5, 5.41) is 9.19. The highest BCUT2D eigenvalue weighted by atomic mass is 35.5. The maximum atomic E-state index is 13.2. The molecule has 1 unspecified atom stereocenters. The van der Waals surface area contributed by atoms with E-state index in [1.54, 1.807) is 6.33 Å². The van der Waals surface area contributed by atoms with Crippen molar-refractivity contribution in [3.05, 3.63) is 113 Å².